The van der Waals surface area contributed by atoms with Crippen molar-refractivity contribution in [1.82, 2.24) is 20.4 Å². The second kappa shape index (κ2) is 6.68. The number of nitrogens with one attached hydrogen (secondary N) is 2. The maximum Gasteiger partial charge on any atom is 0.292 e. The Morgan fingerprint density at radius 3 is 2.96 bits per heavy atom. The first-order valence-electron chi connectivity index (χ1n) is 8.46. The van der Waals surface area contributed by atoms with Crippen LogP contribution in [0.3, 0.4) is 0 Å². The van der Waals surface area contributed by atoms with Gasteiger partial charge < -0.3 is 19.6 Å². The van der Waals surface area contributed by atoms with Gasteiger partial charge in [0.15, 0.2) is 0 Å². The molecule has 1 fully saturated rings. The van der Waals surface area contributed by atoms with E-state index in [-0.39, 0.29) is 11.7 Å². The summed E-state index contributed by atoms with van der Waals surface area (Å²) in [7, 11) is 0. The van der Waals surface area contributed by atoms with Gasteiger partial charge in [0, 0.05) is 42.3 Å². The highest BCUT2D eigenvalue weighted by Gasteiger charge is 2.21. The van der Waals surface area contributed by atoms with Crippen molar-refractivity contribution in [2.75, 3.05) is 13.2 Å². The predicted molar refractivity (Wildman–Crippen MR) is 91.3 cm³/mol. The molecule has 1 amide bonds. The monoisotopic (exact) mass is 340 g/mol. The van der Waals surface area contributed by atoms with Crippen molar-refractivity contribution in [3.8, 4) is 0 Å². The van der Waals surface area contributed by atoms with Gasteiger partial charge in [-0.2, -0.15) is 4.98 Å². The number of hydrogen-bond donors (Lipinski definition) is 2. The first kappa shape index (κ1) is 15.8. The minimum absolute atomic E-state index is 0.0423. The summed E-state index contributed by atoms with van der Waals surface area (Å²) < 4.78 is 10.1. The van der Waals surface area contributed by atoms with Crippen LogP contribution < -0.4 is 5.32 Å². The zero-order chi connectivity index (χ0) is 17.2. The molecule has 2 aromatic heterocycles. The maximum absolute atomic E-state index is 11.9. The van der Waals surface area contributed by atoms with Crippen molar-refractivity contribution in [3.05, 3.63) is 47.2 Å². The Morgan fingerprint density at radius 2 is 2.20 bits per heavy atom. The molecule has 3 aromatic rings. The molecule has 0 atom stereocenters. The fourth-order valence-corrected chi connectivity index (χ4v) is 3.43. The number of aromatic amines is 1. The van der Waals surface area contributed by atoms with Crippen LogP contribution in [0.2, 0.25) is 0 Å². The van der Waals surface area contributed by atoms with Gasteiger partial charge in [0.25, 0.3) is 11.7 Å². The molecule has 1 saturated heterocycles. The van der Waals surface area contributed by atoms with Gasteiger partial charge in [-0.05, 0) is 43.0 Å². The van der Waals surface area contributed by atoms with Crippen molar-refractivity contribution < 1.29 is 14.1 Å². The fourth-order valence-electron chi connectivity index (χ4n) is 3.43. The van der Waals surface area contributed by atoms with E-state index >= 15 is 0 Å². The SMILES string of the molecule is Cc1c(C2CCOCC2)[nH]c2ccc(CNC(=O)c3ncon3)cc12. The zero-order valence-corrected chi connectivity index (χ0v) is 14.0. The number of ether oxygens (including phenoxy) is 1. The summed E-state index contributed by atoms with van der Waals surface area (Å²) in [6, 6.07) is 6.21. The number of rotatable bonds is 4. The van der Waals surface area contributed by atoms with Crippen LogP contribution in [-0.4, -0.2) is 34.2 Å². The molecule has 0 spiro atoms. The van der Waals surface area contributed by atoms with E-state index in [1.807, 2.05) is 6.07 Å². The number of carbonyl (C=O) groups excluding carboxylic acids is 1. The Kier molecular flexibility index (Phi) is 4.23. The maximum atomic E-state index is 11.9. The Balaban J connectivity index is 1.53. The van der Waals surface area contributed by atoms with Gasteiger partial charge in [-0.25, -0.2) is 0 Å². The lowest BCUT2D eigenvalue weighted by Crippen LogP contribution is -2.23. The summed E-state index contributed by atoms with van der Waals surface area (Å²) in [5, 5.41) is 7.54. The summed E-state index contributed by atoms with van der Waals surface area (Å²) in [5.41, 5.74) is 4.76. The van der Waals surface area contributed by atoms with Crippen LogP contribution in [0.15, 0.2) is 29.1 Å². The molecule has 130 valence electrons. The van der Waals surface area contributed by atoms with Crippen LogP contribution in [-0.2, 0) is 11.3 Å². The molecule has 0 bridgehead atoms. The van der Waals surface area contributed by atoms with Gasteiger partial charge in [-0.1, -0.05) is 11.2 Å². The van der Waals surface area contributed by atoms with Crippen molar-refractivity contribution in [2.45, 2.75) is 32.2 Å². The van der Waals surface area contributed by atoms with Crippen LogP contribution in [0.4, 0.5) is 0 Å². The third-order valence-electron chi connectivity index (χ3n) is 4.81. The number of amides is 1. The summed E-state index contributed by atoms with van der Waals surface area (Å²) >= 11 is 0. The van der Waals surface area contributed by atoms with Crippen LogP contribution in [0.5, 0.6) is 0 Å². The van der Waals surface area contributed by atoms with Gasteiger partial charge in [0.2, 0.25) is 6.39 Å². The third-order valence-corrected chi connectivity index (χ3v) is 4.81. The van der Waals surface area contributed by atoms with E-state index < -0.39 is 0 Å². The number of aryl methyl sites for hydroxylation is 1. The quantitative estimate of drug-likeness (QED) is 0.762. The molecule has 2 N–H and O–H groups in total. The van der Waals surface area contributed by atoms with Gasteiger partial charge in [-0.15, -0.1) is 0 Å². The topological polar surface area (TPSA) is 93.0 Å². The standard InChI is InChI=1S/C18H20N4O3/c1-11-14-8-12(9-19-18(23)17-20-10-25-22-17)2-3-15(14)21-16(11)13-4-6-24-7-5-13/h2-3,8,10,13,21H,4-7,9H2,1H3,(H,19,23). The Labute approximate surface area is 144 Å². The second-order valence-corrected chi connectivity index (χ2v) is 6.37. The first-order valence-corrected chi connectivity index (χ1v) is 8.46. The van der Waals surface area contributed by atoms with E-state index in [2.05, 4.69) is 44.0 Å². The Morgan fingerprint density at radius 1 is 1.36 bits per heavy atom. The average molecular weight is 340 g/mol. The molecule has 3 heterocycles. The minimum atomic E-state index is -0.345. The molecule has 7 heteroatoms. The number of H-pyrrole nitrogens is 1. The van der Waals surface area contributed by atoms with Crippen LogP contribution in [0.25, 0.3) is 10.9 Å². The molecule has 0 aliphatic carbocycles. The first-order chi connectivity index (χ1) is 12.2. The highest BCUT2D eigenvalue weighted by Crippen LogP contribution is 2.33. The number of carbonyl (C=O) groups is 1. The summed E-state index contributed by atoms with van der Waals surface area (Å²) in [6.45, 7) is 4.23. The number of nitrogens with zero attached hydrogens (tertiary/aromatic N) is 2. The largest absolute Gasteiger partial charge is 0.381 e. The lowest BCUT2D eigenvalue weighted by atomic mass is 9.93. The van der Waals surface area contributed by atoms with Gasteiger partial charge in [0.1, 0.15) is 0 Å². The molecule has 1 aliphatic rings. The molecule has 1 aromatic carbocycles. The number of hydrogen-bond acceptors (Lipinski definition) is 5. The van der Waals surface area contributed by atoms with E-state index in [0.29, 0.717) is 12.5 Å². The Hall–Kier alpha value is -2.67. The van der Waals surface area contributed by atoms with E-state index in [1.54, 1.807) is 0 Å². The highest BCUT2D eigenvalue weighted by molar-refractivity contribution is 5.90. The lowest BCUT2D eigenvalue weighted by Gasteiger charge is -2.21. The van der Waals surface area contributed by atoms with Crippen LogP contribution in [0, 0.1) is 6.92 Å². The predicted octanol–water partition coefficient (Wildman–Crippen LogP) is 2.68. The van der Waals surface area contributed by atoms with E-state index in [0.717, 1.165) is 43.5 Å². The van der Waals surface area contributed by atoms with Crippen molar-refractivity contribution >= 4 is 16.8 Å². The molecule has 0 saturated carbocycles. The lowest BCUT2D eigenvalue weighted by molar-refractivity contribution is 0.0845. The summed E-state index contributed by atoms with van der Waals surface area (Å²) in [6.07, 6.45) is 3.25. The van der Waals surface area contributed by atoms with Gasteiger partial charge >= 0.3 is 0 Å². The minimum Gasteiger partial charge on any atom is -0.381 e. The molecule has 4 rings (SSSR count). The van der Waals surface area contributed by atoms with Crippen molar-refractivity contribution in [1.29, 1.82) is 0 Å². The summed E-state index contributed by atoms with van der Waals surface area (Å²) in [5.74, 6) is 0.228. The van der Waals surface area contributed by atoms with Gasteiger partial charge in [-0.3, -0.25) is 4.79 Å². The van der Waals surface area contributed by atoms with E-state index in [4.69, 9.17) is 4.74 Å². The Bertz CT molecular complexity index is 879. The molecule has 7 nitrogen and oxygen atoms in total. The van der Waals surface area contributed by atoms with Gasteiger partial charge in [0.05, 0.1) is 0 Å². The van der Waals surface area contributed by atoms with E-state index in [9.17, 15) is 4.79 Å². The number of fused-ring (bicyclic) bond motifs is 1. The molecule has 25 heavy (non-hydrogen) atoms. The molecule has 1 aliphatic heterocycles. The zero-order valence-electron chi connectivity index (χ0n) is 14.0. The van der Waals surface area contributed by atoms with Crippen LogP contribution in [0.1, 0.15) is 46.2 Å². The molecular formula is C18H20N4O3. The molecule has 0 radical (unpaired) electrons. The third kappa shape index (κ3) is 3.15. The van der Waals surface area contributed by atoms with Crippen LogP contribution >= 0.6 is 0 Å². The fraction of sp³-hybridized carbons (Fsp3) is 0.389. The van der Waals surface area contributed by atoms with E-state index in [1.165, 1.54) is 16.6 Å². The van der Waals surface area contributed by atoms with Crippen molar-refractivity contribution in [2.24, 2.45) is 0 Å². The average Bonchev–Trinajstić information content (AvgIpc) is 3.29. The summed E-state index contributed by atoms with van der Waals surface area (Å²) in [4.78, 5) is 19.2. The smallest absolute Gasteiger partial charge is 0.292 e. The normalized spacial score (nSPS) is 15.6. The molecular weight excluding hydrogens is 320 g/mol. The highest BCUT2D eigenvalue weighted by atomic mass is 16.5. The number of benzene rings is 1. The second-order valence-electron chi connectivity index (χ2n) is 6.37. The van der Waals surface area contributed by atoms with Crippen molar-refractivity contribution in [3.63, 3.8) is 0 Å². The molecule has 0 unspecified atom stereocenters. The number of aromatic nitrogens is 3.